The van der Waals surface area contributed by atoms with Gasteiger partial charge in [-0.1, -0.05) is 17.7 Å². The minimum Gasteiger partial charge on any atom is -0.426 e. The van der Waals surface area contributed by atoms with Crippen LogP contribution in [-0.2, 0) is 22.2 Å². The van der Waals surface area contributed by atoms with Gasteiger partial charge >= 0.3 is 6.18 Å². The fourth-order valence-corrected chi connectivity index (χ4v) is 3.20. The number of aromatic nitrogens is 1. The lowest BCUT2D eigenvalue weighted by atomic mass is 10.1. The molecule has 6 nitrogen and oxygen atoms in total. The van der Waals surface area contributed by atoms with Crippen LogP contribution in [0.4, 0.5) is 24.9 Å². The summed E-state index contributed by atoms with van der Waals surface area (Å²) < 4.78 is 56.1. The Bertz CT molecular complexity index is 781. The summed E-state index contributed by atoms with van der Waals surface area (Å²) in [7, 11) is 3.06. The van der Waals surface area contributed by atoms with Crippen molar-refractivity contribution in [1.29, 1.82) is 0 Å². The van der Waals surface area contributed by atoms with Crippen molar-refractivity contribution >= 4 is 23.3 Å². The Balaban J connectivity index is 2.32. The average molecular weight is 436 g/mol. The Morgan fingerprint density at radius 3 is 2.28 bits per heavy atom. The number of oxazole rings is 1. The first kappa shape index (κ1) is 23.5. The van der Waals surface area contributed by atoms with Crippen molar-refractivity contribution in [3.63, 3.8) is 0 Å². The molecule has 0 amide bonds. The van der Waals surface area contributed by atoms with Gasteiger partial charge in [0, 0.05) is 27.3 Å². The van der Waals surface area contributed by atoms with E-state index < -0.39 is 11.9 Å². The van der Waals surface area contributed by atoms with Gasteiger partial charge in [-0.15, -0.1) is 0 Å². The smallest absolute Gasteiger partial charge is 0.426 e. The van der Waals surface area contributed by atoms with Crippen LogP contribution in [0.2, 0.25) is 5.02 Å². The highest BCUT2D eigenvalue weighted by Gasteiger charge is 2.39. The molecular formula is C19H25ClF3N3O3. The van der Waals surface area contributed by atoms with Crippen molar-refractivity contribution in [2.24, 2.45) is 0 Å². The number of methoxy groups -OCH3 is 2. The molecule has 29 heavy (non-hydrogen) atoms. The van der Waals surface area contributed by atoms with Crippen LogP contribution < -0.4 is 5.32 Å². The summed E-state index contributed by atoms with van der Waals surface area (Å²) in [5.41, 5.74) is 1.09. The monoisotopic (exact) mass is 435 g/mol. The van der Waals surface area contributed by atoms with E-state index in [0.717, 1.165) is 11.1 Å². The quantitative estimate of drug-likeness (QED) is 0.578. The molecule has 2 rings (SSSR count). The van der Waals surface area contributed by atoms with E-state index in [-0.39, 0.29) is 18.3 Å². The van der Waals surface area contributed by atoms with E-state index >= 15 is 0 Å². The van der Waals surface area contributed by atoms with Gasteiger partial charge < -0.3 is 19.2 Å². The van der Waals surface area contributed by atoms with Crippen LogP contribution in [-0.4, -0.2) is 50.4 Å². The van der Waals surface area contributed by atoms with Crippen molar-refractivity contribution in [3.05, 3.63) is 39.7 Å². The fraction of sp³-hybridized carbons (Fsp3) is 0.526. The standard InChI is InChI=1S/C19H25ClF3N3O3/c1-12-9-13(2)16(14(20)10-12)24-18-25-17(19(21,22)23)15(29-18)11-26(5-7-27-3)6-8-28-4/h9-10H,5-8,11H2,1-4H3,(H,24,25). The number of nitrogens with one attached hydrogen (secondary N) is 1. The van der Waals surface area contributed by atoms with Crippen molar-refractivity contribution in [3.8, 4) is 0 Å². The number of hydrogen-bond acceptors (Lipinski definition) is 6. The van der Waals surface area contributed by atoms with E-state index in [9.17, 15) is 13.2 Å². The maximum absolute atomic E-state index is 13.5. The van der Waals surface area contributed by atoms with Crippen molar-refractivity contribution in [2.75, 3.05) is 45.8 Å². The van der Waals surface area contributed by atoms with Gasteiger partial charge in [0.2, 0.25) is 0 Å². The molecule has 0 radical (unpaired) electrons. The highest BCUT2D eigenvalue weighted by Crippen LogP contribution is 2.36. The summed E-state index contributed by atoms with van der Waals surface area (Å²) >= 11 is 6.23. The van der Waals surface area contributed by atoms with E-state index in [2.05, 4.69) is 10.3 Å². The molecule has 0 atom stereocenters. The zero-order valence-electron chi connectivity index (χ0n) is 16.8. The Hall–Kier alpha value is -1.81. The van der Waals surface area contributed by atoms with Crippen LogP contribution in [0.25, 0.3) is 0 Å². The number of nitrogens with zero attached hydrogens (tertiary/aromatic N) is 2. The number of rotatable bonds is 10. The highest BCUT2D eigenvalue weighted by atomic mass is 35.5. The fourth-order valence-electron chi connectivity index (χ4n) is 2.83. The molecule has 1 N–H and O–H groups in total. The van der Waals surface area contributed by atoms with Gasteiger partial charge in [-0.25, -0.2) is 0 Å². The van der Waals surface area contributed by atoms with E-state index in [1.807, 2.05) is 13.0 Å². The summed E-state index contributed by atoms with van der Waals surface area (Å²) in [5.74, 6) is -0.284. The second-order valence-corrected chi connectivity index (χ2v) is 7.02. The molecule has 1 heterocycles. The molecule has 0 unspecified atom stereocenters. The summed E-state index contributed by atoms with van der Waals surface area (Å²) in [6.07, 6.45) is -4.65. The second-order valence-electron chi connectivity index (χ2n) is 6.61. The molecule has 162 valence electrons. The number of halogens is 4. The molecule has 10 heteroatoms. The molecule has 0 aliphatic heterocycles. The summed E-state index contributed by atoms with van der Waals surface area (Å²) in [6.45, 7) is 5.16. The normalized spacial score (nSPS) is 12.0. The van der Waals surface area contributed by atoms with Crippen LogP contribution in [0, 0.1) is 13.8 Å². The summed E-state index contributed by atoms with van der Waals surface area (Å²) in [6, 6.07) is 3.31. The lowest BCUT2D eigenvalue weighted by Gasteiger charge is -2.20. The van der Waals surface area contributed by atoms with E-state index in [4.69, 9.17) is 25.5 Å². The lowest BCUT2D eigenvalue weighted by molar-refractivity contribution is -0.142. The molecule has 0 fully saturated rings. The minimum atomic E-state index is -4.65. The molecule has 0 aliphatic carbocycles. The second kappa shape index (κ2) is 10.3. The maximum atomic E-state index is 13.5. The largest absolute Gasteiger partial charge is 0.436 e. The van der Waals surface area contributed by atoms with Gasteiger partial charge in [-0.2, -0.15) is 18.2 Å². The van der Waals surface area contributed by atoms with Crippen LogP contribution in [0.15, 0.2) is 16.5 Å². The molecule has 0 saturated carbocycles. The van der Waals surface area contributed by atoms with Gasteiger partial charge in [-0.05, 0) is 31.0 Å². The van der Waals surface area contributed by atoms with Gasteiger partial charge in [0.15, 0.2) is 11.5 Å². The molecule has 0 spiro atoms. The molecule has 1 aromatic heterocycles. The van der Waals surface area contributed by atoms with Crippen molar-refractivity contribution in [2.45, 2.75) is 26.6 Å². The van der Waals surface area contributed by atoms with Gasteiger partial charge in [0.25, 0.3) is 6.01 Å². The van der Waals surface area contributed by atoms with Crippen LogP contribution in [0.1, 0.15) is 22.6 Å². The first-order valence-electron chi connectivity index (χ1n) is 8.96. The van der Waals surface area contributed by atoms with Gasteiger partial charge in [-0.3, -0.25) is 4.90 Å². The average Bonchev–Trinajstić information content (AvgIpc) is 3.03. The lowest BCUT2D eigenvalue weighted by Crippen LogP contribution is -2.31. The number of alkyl halides is 3. The van der Waals surface area contributed by atoms with E-state index in [1.54, 1.807) is 17.9 Å². The van der Waals surface area contributed by atoms with Crippen molar-refractivity contribution < 1.29 is 27.1 Å². The van der Waals surface area contributed by atoms with Gasteiger partial charge in [0.05, 0.1) is 30.5 Å². The zero-order valence-corrected chi connectivity index (χ0v) is 17.6. The third kappa shape index (κ3) is 6.60. The Morgan fingerprint density at radius 2 is 1.76 bits per heavy atom. The number of anilines is 2. The third-order valence-corrected chi connectivity index (χ3v) is 4.52. The number of hydrogen-bond donors (Lipinski definition) is 1. The Morgan fingerprint density at radius 1 is 1.14 bits per heavy atom. The highest BCUT2D eigenvalue weighted by molar-refractivity contribution is 6.33. The van der Waals surface area contributed by atoms with E-state index in [0.29, 0.717) is 37.0 Å². The van der Waals surface area contributed by atoms with Crippen LogP contribution in [0.3, 0.4) is 0 Å². The zero-order chi connectivity index (χ0) is 21.6. The molecule has 1 aromatic carbocycles. The molecule has 0 bridgehead atoms. The van der Waals surface area contributed by atoms with Crippen LogP contribution in [0.5, 0.6) is 0 Å². The Labute approximate surface area is 172 Å². The number of ether oxygens (including phenoxy) is 2. The number of benzene rings is 1. The van der Waals surface area contributed by atoms with Crippen molar-refractivity contribution in [1.82, 2.24) is 9.88 Å². The predicted molar refractivity (Wildman–Crippen MR) is 105 cm³/mol. The van der Waals surface area contributed by atoms with Crippen LogP contribution >= 0.6 is 11.6 Å². The topological polar surface area (TPSA) is 59.8 Å². The maximum Gasteiger partial charge on any atom is 0.436 e. The molecular weight excluding hydrogens is 411 g/mol. The number of aryl methyl sites for hydroxylation is 2. The SMILES string of the molecule is COCCN(CCOC)Cc1oc(Nc2c(C)cc(C)cc2Cl)nc1C(F)(F)F. The first-order chi connectivity index (χ1) is 13.7. The van der Waals surface area contributed by atoms with Gasteiger partial charge in [0.1, 0.15) is 0 Å². The Kier molecular flexibility index (Phi) is 8.33. The molecule has 0 saturated heterocycles. The minimum absolute atomic E-state index is 0.0865. The summed E-state index contributed by atoms with van der Waals surface area (Å²) in [4.78, 5) is 5.39. The predicted octanol–water partition coefficient (Wildman–Crippen LogP) is 4.80. The molecule has 2 aromatic rings. The van der Waals surface area contributed by atoms with E-state index in [1.165, 1.54) is 14.2 Å². The third-order valence-electron chi connectivity index (χ3n) is 4.22. The summed E-state index contributed by atoms with van der Waals surface area (Å²) in [5, 5.41) is 3.16. The molecule has 0 aliphatic rings. The first-order valence-corrected chi connectivity index (χ1v) is 9.34.